The number of para-hydroxylation sites is 2. The largest absolute Gasteiger partial charge is 0.310 e. The van der Waals surface area contributed by atoms with Crippen LogP contribution in [0.2, 0.25) is 0 Å². The second kappa shape index (κ2) is 8.19. The molecule has 0 radical (unpaired) electrons. The molecule has 0 atom stereocenters. The third-order valence-corrected chi connectivity index (χ3v) is 9.25. The summed E-state index contributed by atoms with van der Waals surface area (Å²) in [5.41, 5.74) is 14.3. The van der Waals surface area contributed by atoms with Gasteiger partial charge in [-0.25, -0.2) is 0 Å². The molecule has 186 valence electrons. The van der Waals surface area contributed by atoms with Gasteiger partial charge < -0.3 is 4.90 Å². The van der Waals surface area contributed by atoms with Gasteiger partial charge in [-0.15, -0.1) is 0 Å². The zero-order valence-electron chi connectivity index (χ0n) is 22.2. The summed E-state index contributed by atoms with van der Waals surface area (Å²) in [4.78, 5) is 2.46. The summed E-state index contributed by atoms with van der Waals surface area (Å²) in [6.07, 6.45) is 0. The molecular formula is C36H30BrN. The third kappa shape index (κ3) is 3.29. The maximum absolute atomic E-state index is 3.58. The quantitative estimate of drug-likeness (QED) is 0.209. The van der Waals surface area contributed by atoms with E-state index in [2.05, 4.69) is 158 Å². The van der Waals surface area contributed by atoms with Gasteiger partial charge >= 0.3 is 0 Å². The molecule has 0 amide bonds. The molecule has 0 N–H and O–H groups in total. The molecule has 0 bridgehead atoms. The molecule has 2 heteroatoms. The van der Waals surface area contributed by atoms with Gasteiger partial charge in [0.2, 0.25) is 0 Å². The highest BCUT2D eigenvalue weighted by Gasteiger charge is 2.42. The molecule has 0 saturated heterocycles. The van der Waals surface area contributed by atoms with E-state index in [1.54, 1.807) is 0 Å². The van der Waals surface area contributed by atoms with Gasteiger partial charge in [0, 0.05) is 21.0 Å². The highest BCUT2D eigenvalue weighted by atomic mass is 79.9. The minimum Gasteiger partial charge on any atom is -0.310 e. The SMILES string of the molecule is CC1(C)c2cc(-c3ccc(Br)cc3)ccc2-c2cc3c(cc21)N(c1ccccc1)c1ccccc1C3(C)C. The van der Waals surface area contributed by atoms with Crippen molar-refractivity contribution < 1.29 is 0 Å². The van der Waals surface area contributed by atoms with Crippen LogP contribution in [-0.2, 0) is 10.8 Å². The summed E-state index contributed by atoms with van der Waals surface area (Å²) in [5.74, 6) is 0. The van der Waals surface area contributed by atoms with Gasteiger partial charge in [0.1, 0.15) is 0 Å². The van der Waals surface area contributed by atoms with Crippen molar-refractivity contribution >= 4 is 33.0 Å². The van der Waals surface area contributed by atoms with Crippen molar-refractivity contribution in [1.82, 2.24) is 0 Å². The first-order valence-corrected chi connectivity index (χ1v) is 14.1. The topological polar surface area (TPSA) is 3.24 Å². The normalized spacial score (nSPS) is 15.9. The molecule has 1 aliphatic carbocycles. The van der Waals surface area contributed by atoms with Crippen LogP contribution >= 0.6 is 15.9 Å². The number of anilines is 3. The molecule has 0 fully saturated rings. The number of benzene rings is 5. The lowest BCUT2D eigenvalue weighted by Crippen LogP contribution is -2.31. The second-order valence-electron chi connectivity index (χ2n) is 11.6. The van der Waals surface area contributed by atoms with Gasteiger partial charge in [0.25, 0.3) is 0 Å². The van der Waals surface area contributed by atoms with Crippen LogP contribution in [0.25, 0.3) is 22.3 Å². The fraction of sp³-hybridized carbons (Fsp3) is 0.167. The van der Waals surface area contributed by atoms with Crippen molar-refractivity contribution in [3.8, 4) is 22.3 Å². The van der Waals surface area contributed by atoms with Gasteiger partial charge in [-0.3, -0.25) is 0 Å². The first kappa shape index (κ1) is 23.5. The molecule has 2 aliphatic rings. The van der Waals surface area contributed by atoms with E-state index < -0.39 is 0 Å². The summed E-state index contributed by atoms with van der Waals surface area (Å²) in [6.45, 7) is 9.50. The Bertz CT molecular complexity index is 1710. The zero-order valence-corrected chi connectivity index (χ0v) is 23.8. The van der Waals surface area contributed by atoms with E-state index in [1.807, 2.05) is 0 Å². The highest BCUT2D eigenvalue weighted by Crippen LogP contribution is 2.57. The molecule has 5 aromatic carbocycles. The lowest BCUT2D eigenvalue weighted by Gasteiger charge is -2.42. The number of fused-ring (bicyclic) bond motifs is 5. The molecule has 1 aliphatic heterocycles. The zero-order chi connectivity index (χ0) is 26.2. The van der Waals surface area contributed by atoms with Crippen LogP contribution < -0.4 is 4.90 Å². The average molecular weight is 557 g/mol. The highest BCUT2D eigenvalue weighted by molar-refractivity contribution is 9.10. The molecule has 1 heterocycles. The van der Waals surface area contributed by atoms with Gasteiger partial charge in [-0.05, 0) is 93.0 Å². The van der Waals surface area contributed by atoms with Crippen LogP contribution in [0.15, 0.2) is 114 Å². The van der Waals surface area contributed by atoms with Crippen molar-refractivity contribution in [3.05, 3.63) is 136 Å². The predicted molar refractivity (Wildman–Crippen MR) is 164 cm³/mol. The van der Waals surface area contributed by atoms with E-state index in [0.717, 1.165) is 4.47 Å². The van der Waals surface area contributed by atoms with Crippen LogP contribution in [0.1, 0.15) is 49.9 Å². The number of hydrogen-bond acceptors (Lipinski definition) is 1. The number of rotatable bonds is 2. The monoisotopic (exact) mass is 555 g/mol. The Balaban J connectivity index is 1.46. The fourth-order valence-electron chi connectivity index (χ4n) is 6.60. The molecule has 38 heavy (non-hydrogen) atoms. The molecule has 0 unspecified atom stereocenters. The molecule has 0 spiro atoms. The van der Waals surface area contributed by atoms with Crippen LogP contribution in [-0.4, -0.2) is 0 Å². The Labute approximate surface area is 233 Å². The Morgan fingerprint density at radius 2 is 1.13 bits per heavy atom. The van der Waals surface area contributed by atoms with E-state index in [-0.39, 0.29) is 10.8 Å². The molecule has 0 saturated carbocycles. The lowest BCUT2D eigenvalue weighted by molar-refractivity contribution is 0.627. The first-order chi connectivity index (χ1) is 18.3. The van der Waals surface area contributed by atoms with Crippen molar-refractivity contribution in [1.29, 1.82) is 0 Å². The number of nitrogens with zero attached hydrogens (tertiary/aromatic N) is 1. The Morgan fingerprint density at radius 3 is 1.89 bits per heavy atom. The fourth-order valence-corrected chi connectivity index (χ4v) is 6.87. The molecule has 7 rings (SSSR count). The summed E-state index contributed by atoms with van der Waals surface area (Å²) >= 11 is 3.58. The van der Waals surface area contributed by atoms with Crippen LogP contribution in [0.5, 0.6) is 0 Å². The first-order valence-electron chi connectivity index (χ1n) is 13.3. The summed E-state index contributed by atoms with van der Waals surface area (Å²) in [7, 11) is 0. The van der Waals surface area contributed by atoms with Crippen LogP contribution in [0, 0.1) is 0 Å². The average Bonchev–Trinajstić information content (AvgIpc) is 3.15. The van der Waals surface area contributed by atoms with Gasteiger partial charge in [-0.2, -0.15) is 0 Å². The van der Waals surface area contributed by atoms with Crippen molar-refractivity contribution in [2.75, 3.05) is 4.90 Å². The maximum Gasteiger partial charge on any atom is 0.0506 e. The van der Waals surface area contributed by atoms with E-state index in [1.165, 1.54) is 61.6 Å². The van der Waals surface area contributed by atoms with Gasteiger partial charge in [0.05, 0.1) is 11.4 Å². The number of hydrogen-bond donors (Lipinski definition) is 0. The Kier molecular flexibility index (Phi) is 5.06. The molecule has 0 aromatic heterocycles. The van der Waals surface area contributed by atoms with E-state index in [0.29, 0.717) is 0 Å². The van der Waals surface area contributed by atoms with Crippen molar-refractivity contribution in [3.63, 3.8) is 0 Å². The van der Waals surface area contributed by atoms with Crippen molar-refractivity contribution in [2.24, 2.45) is 0 Å². The Morgan fingerprint density at radius 1 is 0.500 bits per heavy atom. The minimum absolute atomic E-state index is 0.103. The second-order valence-corrected chi connectivity index (χ2v) is 12.5. The number of halogens is 1. The lowest BCUT2D eigenvalue weighted by atomic mass is 9.72. The molecule has 1 nitrogen and oxygen atoms in total. The summed E-state index contributed by atoms with van der Waals surface area (Å²) in [5, 5.41) is 0. The Hall–Kier alpha value is -3.62. The molecular weight excluding hydrogens is 526 g/mol. The van der Waals surface area contributed by atoms with Crippen LogP contribution in [0.3, 0.4) is 0 Å². The minimum atomic E-state index is -0.115. The smallest absolute Gasteiger partial charge is 0.0506 e. The van der Waals surface area contributed by atoms with E-state index in [4.69, 9.17) is 0 Å². The molecule has 5 aromatic rings. The van der Waals surface area contributed by atoms with Gasteiger partial charge in [0.15, 0.2) is 0 Å². The summed E-state index contributed by atoms with van der Waals surface area (Å²) in [6, 6.07) is 40.3. The van der Waals surface area contributed by atoms with Crippen molar-refractivity contribution in [2.45, 2.75) is 38.5 Å². The standard InChI is InChI=1S/C36H30BrN/c1-35(2)29-12-8-9-13-33(29)38(26-10-6-5-7-11-26)34-22-31-28(21-32(34)35)27-19-16-24(20-30(27)36(31,3)4)23-14-17-25(37)18-15-23/h5-22H,1-4H3. The van der Waals surface area contributed by atoms with Crippen LogP contribution in [0.4, 0.5) is 17.1 Å². The third-order valence-electron chi connectivity index (χ3n) is 8.72. The van der Waals surface area contributed by atoms with E-state index >= 15 is 0 Å². The maximum atomic E-state index is 3.58. The van der Waals surface area contributed by atoms with Gasteiger partial charge in [-0.1, -0.05) is 104 Å². The summed E-state index contributed by atoms with van der Waals surface area (Å²) < 4.78 is 1.10. The predicted octanol–water partition coefficient (Wildman–Crippen LogP) is 10.5. The van der Waals surface area contributed by atoms with E-state index in [9.17, 15) is 0 Å².